The van der Waals surface area contributed by atoms with Crippen LogP contribution in [0.25, 0.3) is 6.08 Å². The summed E-state index contributed by atoms with van der Waals surface area (Å²) >= 11 is 0. The van der Waals surface area contributed by atoms with Crippen molar-refractivity contribution in [2.24, 2.45) is 0 Å². The summed E-state index contributed by atoms with van der Waals surface area (Å²) in [7, 11) is -0.117. The molecular weight excluding hydrogens is 444 g/mol. The lowest BCUT2D eigenvalue weighted by atomic mass is 10.0. The van der Waals surface area contributed by atoms with Crippen molar-refractivity contribution in [3.63, 3.8) is 0 Å². The van der Waals surface area contributed by atoms with Gasteiger partial charge in [-0.2, -0.15) is 0 Å². The molecule has 0 aromatic heterocycles. The van der Waals surface area contributed by atoms with E-state index in [0.29, 0.717) is 23.6 Å². The minimum atomic E-state index is -3.19. The Labute approximate surface area is 193 Å². The summed E-state index contributed by atoms with van der Waals surface area (Å²) < 4.78 is 34.9. The summed E-state index contributed by atoms with van der Waals surface area (Å²) in [4.78, 5) is 29.3. The number of sulfone groups is 1. The molecule has 0 bridgehead atoms. The van der Waals surface area contributed by atoms with Crippen LogP contribution in [0.2, 0.25) is 0 Å². The van der Waals surface area contributed by atoms with Crippen LogP contribution in [-0.4, -0.2) is 63.4 Å². The topological polar surface area (TPSA) is 93.2 Å². The fraction of sp³-hybridized carbons (Fsp3) is 0.333. The zero-order valence-electron chi connectivity index (χ0n) is 18.6. The van der Waals surface area contributed by atoms with Crippen LogP contribution >= 0.6 is 0 Å². The highest BCUT2D eigenvalue weighted by Gasteiger charge is 2.36. The normalized spacial score (nSPS) is 19.0. The molecule has 0 radical (unpaired) electrons. The Morgan fingerprint density at radius 3 is 2.45 bits per heavy atom. The Bertz CT molecular complexity index is 1190. The number of benzene rings is 2. The van der Waals surface area contributed by atoms with Gasteiger partial charge in [0.25, 0.3) is 0 Å². The molecule has 0 unspecified atom stereocenters. The number of ether oxygens (including phenoxy) is 2. The van der Waals surface area contributed by atoms with Crippen molar-refractivity contribution < 1.29 is 27.5 Å². The van der Waals surface area contributed by atoms with Gasteiger partial charge in [-0.15, -0.1) is 0 Å². The molecule has 8 nitrogen and oxygen atoms in total. The maximum absolute atomic E-state index is 13.4. The molecule has 2 aliphatic heterocycles. The minimum Gasteiger partial charge on any atom is -0.493 e. The molecule has 2 aliphatic rings. The van der Waals surface area contributed by atoms with E-state index in [1.165, 1.54) is 16.9 Å². The maximum Gasteiger partial charge on any atom is 0.247 e. The molecule has 2 aromatic rings. The van der Waals surface area contributed by atoms with Crippen molar-refractivity contribution in [2.45, 2.75) is 18.9 Å². The van der Waals surface area contributed by atoms with Crippen LogP contribution in [0.3, 0.4) is 0 Å². The van der Waals surface area contributed by atoms with Crippen LogP contribution < -0.4 is 14.4 Å². The highest BCUT2D eigenvalue weighted by atomic mass is 32.2. The van der Waals surface area contributed by atoms with Gasteiger partial charge in [-0.3, -0.25) is 9.59 Å². The van der Waals surface area contributed by atoms with E-state index in [4.69, 9.17) is 9.47 Å². The summed E-state index contributed by atoms with van der Waals surface area (Å²) in [6.45, 7) is -0.191. The monoisotopic (exact) mass is 470 g/mol. The second kappa shape index (κ2) is 9.27. The number of hydrogen-bond acceptors (Lipinski definition) is 6. The van der Waals surface area contributed by atoms with Crippen molar-refractivity contribution in [1.82, 2.24) is 4.90 Å². The highest BCUT2D eigenvalue weighted by Crippen LogP contribution is 2.33. The molecule has 33 heavy (non-hydrogen) atoms. The number of methoxy groups -OCH3 is 2. The summed E-state index contributed by atoms with van der Waals surface area (Å²) in [5, 5.41) is 0. The predicted octanol–water partition coefficient (Wildman–Crippen LogP) is 2.28. The largest absolute Gasteiger partial charge is 0.493 e. The third-order valence-electron chi connectivity index (χ3n) is 5.92. The molecule has 0 N–H and O–H groups in total. The summed E-state index contributed by atoms with van der Waals surface area (Å²) in [5.74, 6) is 0.480. The van der Waals surface area contributed by atoms with Crippen LogP contribution in [0, 0.1) is 0 Å². The van der Waals surface area contributed by atoms with Crippen molar-refractivity contribution in [2.75, 3.05) is 37.2 Å². The van der Waals surface area contributed by atoms with E-state index in [-0.39, 0.29) is 36.3 Å². The first-order valence-corrected chi connectivity index (χ1v) is 12.4. The molecule has 2 heterocycles. The lowest BCUT2D eigenvalue weighted by molar-refractivity contribution is -0.132. The van der Waals surface area contributed by atoms with Gasteiger partial charge >= 0.3 is 0 Å². The first-order valence-electron chi connectivity index (χ1n) is 10.6. The Balaban J connectivity index is 1.59. The standard InChI is InChI=1S/C24H26N2O6S/c1-31-21-12-17-8-10-25(23(27)14-18(17)13-22(21)32-2)15-24(28)26(19-6-4-3-5-7-19)20-9-11-33(29,30)16-20/h3-8,10,12-13,20H,9,11,14-16H2,1-2H3/t20-/m1/s1. The first kappa shape index (κ1) is 22.8. The van der Waals surface area contributed by atoms with E-state index in [2.05, 4.69) is 0 Å². The maximum atomic E-state index is 13.4. The average molecular weight is 471 g/mol. The van der Waals surface area contributed by atoms with Crippen LogP contribution in [-0.2, 0) is 25.8 Å². The second-order valence-electron chi connectivity index (χ2n) is 8.08. The van der Waals surface area contributed by atoms with Gasteiger partial charge in [0.1, 0.15) is 6.54 Å². The fourth-order valence-corrected chi connectivity index (χ4v) is 5.95. The number of hydrogen-bond donors (Lipinski definition) is 0. The molecule has 2 aromatic carbocycles. The number of carbonyl (C=O) groups excluding carboxylic acids is 2. The highest BCUT2D eigenvalue weighted by molar-refractivity contribution is 7.91. The van der Waals surface area contributed by atoms with E-state index in [0.717, 1.165) is 11.1 Å². The van der Waals surface area contributed by atoms with Gasteiger partial charge in [0.05, 0.1) is 38.2 Å². The van der Waals surface area contributed by atoms with Gasteiger partial charge < -0.3 is 19.3 Å². The molecule has 2 amide bonds. The predicted molar refractivity (Wildman–Crippen MR) is 125 cm³/mol. The van der Waals surface area contributed by atoms with Crippen molar-refractivity contribution in [1.29, 1.82) is 0 Å². The van der Waals surface area contributed by atoms with Gasteiger partial charge in [-0.25, -0.2) is 8.42 Å². The minimum absolute atomic E-state index is 0.0514. The van der Waals surface area contributed by atoms with Gasteiger partial charge in [-0.05, 0) is 47.9 Å². The number of amides is 2. The van der Waals surface area contributed by atoms with Crippen molar-refractivity contribution >= 4 is 33.4 Å². The molecule has 0 spiro atoms. The molecule has 4 rings (SSSR count). The van der Waals surface area contributed by atoms with E-state index in [1.807, 2.05) is 6.07 Å². The Kier molecular flexibility index (Phi) is 6.42. The molecule has 174 valence electrons. The van der Waals surface area contributed by atoms with Crippen LogP contribution in [0.15, 0.2) is 48.7 Å². The Hall–Kier alpha value is -3.33. The quantitative estimate of drug-likeness (QED) is 0.643. The van der Waals surface area contributed by atoms with Gasteiger partial charge in [-0.1, -0.05) is 18.2 Å². The molecule has 0 aliphatic carbocycles. The third-order valence-corrected chi connectivity index (χ3v) is 7.67. The molecule has 9 heteroatoms. The molecule has 0 saturated carbocycles. The SMILES string of the molecule is COc1cc2c(cc1OC)CC(=O)N(CC(=O)N(c1ccccc1)[C@@H]1CCS(=O)(=O)C1)C=C2. The first-order chi connectivity index (χ1) is 15.8. The lowest BCUT2D eigenvalue weighted by Crippen LogP contribution is -2.46. The number of anilines is 1. The van der Waals surface area contributed by atoms with Crippen LogP contribution in [0.4, 0.5) is 5.69 Å². The van der Waals surface area contributed by atoms with E-state index in [1.54, 1.807) is 55.8 Å². The summed E-state index contributed by atoms with van der Waals surface area (Å²) in [6, 6.07) is 12.1. The molecule has 1 atom stereocenters. The lowest BCUT2D eigenvalue weighted by Gasteiger charge is -2.30. The Morgan fingerprint density at radius 2 is 1.82 bits per heavy atom. The number of fused-ring (bicyclic) bond motifs is 1. The number of rotatable bonds is 6. The third kappa shape index (κ3) is 4.88. The molecular formula is C24H26N2O6S. The average Bonchev–Trinajstić information content (AvgIpc) is 3.08. The zero-order chi connectivity index (χ0) is 23.6. The molecule has 1 saturated heterocycles. The second-order valence-corrected chi connectivity index (χ2v) is 10.3. The van der Waals surface area contributed by atoms with Gasteiger partial charge in [0.15, 0.2) is 21.3 Å². The number of para-hydroxylation sites is 1. The number of nitrogens with zero attached hydrogens (tertiary/aromatic N) is 2. The van der Waals surface area contributed by atoms with Crippen LogP contribution in [0.1, 0.15) is 17.5 Å². The van der Waals surface area contributed by atoms with Gasteiger partial charge in [0.2, 0.25) is 11.8 Å². The fourth-order valence-electron chi connectivity index (χ4n) is 4.25. The zero-order valence-corrected chi connectivity index (χ0v) is 19.4. The Morgan fingerprint density at radius 1 is 1.12 bits per heavy atom. The van der Waals surface area contributed by atoms with E-state index in [9.17, 15) is 18.0 Å². The van der Waals surface area contributed by atoms with Gasteiger partial charge in [0, 0.05) is 11.9 Å². The summed E-state index contributed by atoms with van der Waals surface area (Å²) in [5.41, 5.74) is 2.19. The van der Waals surface area contributed by atoms with E-state index >= 15 is 0 Å². The number of carbonyl (C=O) groups is 2. The molecule has 1 fully saturated rings. The summed E-state index contributed by atoms with van der Waals surface area (Å²) in [6.07, 6.45) is 3.83. The smallest absolute Gasteiger partial charge is 0.247 e. The van der Waals surface area contributed by atoms with E-state index < -0.39 is 15.9 Å². The van der Waals surface area contributed by atoms with Crippen LogP contribution in [0.5, 0.6) is 11.5 Å². The van der Waals surface area contributed by atoms with Crippen molar-refractivity contribution in [3.05, 3.63) is 59.8 Å². The van der Waals surface area contributed by atoms with Crippen molar-refractivity contribution in [3.8, 4) is 11.5 Å².